The lowest BCUT2D eigenvalue weighted by molar-refractivity contribution is -0.0945. The average Bonchev–Trinajstić information content (AvgIpc) is 3.51. The quantitative estimate of drug-likeness (QED) is 0.737. The van der Waals surface area contributed by atoms with Crippen LogP contribution in [-0.2, 0) is 10.0 Å². The Hall–Kier alpha value is -2.59. The third kappa shape index (κ3) is 3.97. The van der Waals surface area contributed by atoms with Crippen LogP contribution in [0.15, 0.2) is 47.5 Å². The third-order valence-electron chi connectivity index (χ3n) is 6.66. The van der Waals surface area contributed by atoms with Crippen molar-refractivity contribution in [2.24, 2.45) is 5.41 Å². The van der Waals surface area contributed by atoms with E-state index in [0.717, 1.165) is 30.2 Å². The van der Waals surface area contributed by atoms with Gasteiger partial charge in [-0.15, -0.1) is 0 Å². The van der Waals surface area contributed by atoms with Crippen molar-refractivity contribution < 1.29 is 22.0 Å². The first-order valence-corrected chi connectivity index (χ1v) is 12.1. The minimum absolute atomic E-state index is 0.136. The number of nitrogens with zero attached hydrogens (tertiary/aromatic N) is 3. The van der Waals surface area contributed by atoms with Gasteiger partial charge in [0.2, 0.25) is 10.0 Å². The van der Waals surface area contributed by atoms with Gasteiger partial charge in [-0.2, -0.15) is 4.31 Å². The van der Waals surface area contributed by atoms with Gasteiger partial charge in [-0.05, 0) is 61.4 Å². The largest absolute Gasteiger partial charge is 0.356 e. The second kappa shape index (κ2) is 7.48. The summed E-state index contributed by atoms with van der Waals surface area (Å²) in [6.07, 6.45) is 6.42. The fourth-order valence-electron chi connectivity index (χ4n) is 4.42. The van der Waals surface area contributed by atoms with Crippen LogP contribution in [0.4, 0.5) is 20.3 Å². The van der Waals surface area contributed by atoms with Crippen molar-refractivity contribution in [2.45, 2.75) is 36.5 Å². The average molecular weight is 463 g/mol. The molecule has 2 aliphatic heterocycles. The Labute approximate surface area is 185 Å². The summed E-state index contributed by atoms with van der Waals surface area (Å²) < 4.78 is 52.2. The van der Waals surface area contributed by atoms with Gasteiger partial charge in [-0.3, -0.25) is 4.79 Å². The molecule has 2 saturated heterocycles. The molecule has 0 atom stereocenters. The number of pyridine rings is 1. The Bertz CT molecular complexity index is 1150. The highest BCUT2D eigenvalue weighted by molar-refractivity contribution is 7.89. The summed E-state index contributed by atoms with van der Waals surface area (Å²) in [5.41, 5.74) is 1.18. The van der Waals surface area contributed by atoms with Crippen LogP contribution < -0.4 is 10.2 Å². The number of aromatic nitrogens is 1. The molecule has 3 heterocycles. The number of nitrogens with one attached hydrogen (secondary N) is 1. The van der Waals surface area contributed by atoms with Crippen LogP contribution in [-0.4, -0.2) is 55.7 Å². The molecule has 1 saturated carbocycles. The number of hydrogen-bond donors (Lipinski definition) is 1. The van der Waals surface area contributed by atoms with E-state index in [4.69, 9.17) is 0 Å². The topological polar surface area (TPSA) is 82.6 Å². The number of amides is 1. The van der Waals surface area contributed by atoms with Gasteiger partial charge >= 0.3 is 0 Å². The summed E-state index contributed by atoms with van der Waals surface area (Å²) in [4.78, 5) is 19.5. The first-order chi connectivity index (χ1) is 15.2. The summed E-state index contributed by atoms with van der Waals surface area (Å²) in [7, 11) is -4.05. The van der Waals surface area contributed by atoms with E-state index in [-0.39, 0.29) is 10.6 Å². The Kier molecular flexibility index (Phi) is 4.97. The number of carbonyl (C=O) groups is 1. The van der Waals surface area contributed by atoms with E-state index in [1.54, 1.807) is 24.4 Å². The number of halogens is 2. The monoisotopic (exact) mass is 462 g/mol. The standard InChI is InChI=1S/C22H24F2N4O3S/c23-22(24)14-28(15-22)32(30,31)17-4-1-3-16(13-17)26-20(29)18-5-2-10-25-19(18)27-11-8-21(6-7-21)9-12-27/h1-5,10,13H,6-9,11-12,14-15H2,(H,26,29). The molecule has 1 amide bonds. The fourth-order valence-corrected chi connectivity index (χ4v) is 5.96. The second-order valence-corrected chi connectivity index (χ2v) is 10.9. The smallest absolute Gasteiger partial charge is 0.275 e. The minimum Gasteiger partial charge on any atom is -0.356 e. The fraction of sp³-hybridized carbons (Fsp3) is 0.455. The predicted molar refractivity (Wildman–Crippen MR) is 115 cm³/mol. The number of benzene rings is 1. The molecule has 0 radical (unpaired) electrons. The molecule has 5 rings (SSSR count). The van der Waals surface area contributed by atoms with E-state index in [2.05, 4.69) is 15.2 Å². The highest BCUT2D eigenvalue weighted by Gasteiger charge is 2.50. The lowest BCUT2D eigenvalue weighted by Gasteiger charge is -2.37. The van der Waals surface area contributed by atoms with E-state index in [9.17, 15) is 22.0 Å². The van der Waals surface area contributed by atoms with Crippen LogP contribution in [0.25, 0.3) is 0 Å². The molecule has 0 unspecified atom stereocenters. The molecule has 7 nitrogen and oxygen atoms in total. The number of carbonyl (C=O) groups excluding carboxylic acids is 1. The second-order valence-electron chi connectivity index (χ2n) is 8.97. The maximum absolute atomic E-state index is 13.1. The maximum atomic E-state index is 13.1. The normalized spacial score (nSPS) is 21.8. The summed E-state index contributed by atoms with van der Waals surface area (Å²) in [6.45, 7) is 0.0428. The molecule has 3 fully saturated rings. The van der Waals surface area contributed by atoms with Gasteiger partial charge in [-0.25, -0.2) is 22.2 Å². The number of sulfonamides is 1. The van der Waals surface area contributed by atoms with Crippen LogP contribution in [0.3, 0.4) is 0 Å². The Morgan fingerprint density at radius 2 is 1.75 bits per heavy atom. The van der Waals surface area contributed by atoms with Crippen LogP contribution in [0.2, 0.25) is 0 Å². The van der Waals surface area contributed by atoms with Gasteiger partial charge in [0.15, 0.2) is 0 Å². The minimum atomic E-state index is -4.05. The molecule has 1 aromatic carbocycles. The Balaban J connectivity index is 1.32. The molecular weight excluding hydrogens is 438 g/mol. The molecule has 32 heavy (non-hydrogen) atoms. The van der Waals surface area contributed by atoms with Gasteiger partial charge in [0, 0.05) is 25.0 Å². The molecule has 0 bridgehead atoms. The van der Waals surface area contributed by atoms with Gasteiger partial charge < -0.3 is 10.2 Å². The van der Waals surface area contributed by atoms with Gasteiger partial charge in [0.25, 0.3) is 11.8 Å². The highest BCUT2D eigenvalue weighted by atomic mass is 32.2. The zero-order valence-electron chi connectivity index (χ0n) is 17.4. The first-order valence-electron chi connectivity index (χ1n) is 10.7. The van der Waals surface area contributed by atoms with Gasteiger partial charge in [0.1, 0.15) is 5.82 Å². The van der Waals surface area contributed by atoms with Crippen molar-refractivity contribution in [3.8, 4) is 0 Å². The number of anilines is 2. The van der Waals surface area contributed by atoms with Crippen molar-refractivity contribution in [1.29, 1.82) is 0 Å². The van der Waals surface area contributed by atoms with Crippen molar-refractivity contribution in [3.63, 3.8) is 0 Å². The molecule has 1 spiro atoms. The lowest BCUT2D eigenvalue weighted by atomic mass is 9.93. The van der Waals surface area contributed by atoms with Gasteiger partial charge in [-0.1, -0.05) is 6.07 Å². The summed E-state index contributed by atoms with van der Waals surface area (Å²) in [5.74, 6) is -2.78. The predicted octanol–water partition coefficient (Wildman–Crippen LogP) is 3.35. The first kappa shape index (κ1) is 21.3. The van der Waals surface area contributed by atoms with E-state index >= 15 is 0 Å². The van der Waals surface area contributed by atoms with Crippen LogP contribution >= 0.6 is 0 Å². The molecule has 3 aliphatic rings. The molecule has 170 valence electrons. The van der Waals surface area contributed by atoms with E-state index < -0.39 is 34.9 Å². The Morgan fingerprint density at radius 3 is 2.41 bits per heavy atom. The molecule has 1 aromatic heterocycles. The number of piperidine rings is 1. The number of alkyl halides is 2. The van der Waals surface area contributed by atoms with Crippen LogP contribution in [0.5, 0.6) is 0 Å². The van der Waals surface area contributed by atoms with Crippen LogP contribution in [0.1, 0.15) is 36.0 Å². The highest BCUT2D eigenvalue weighted by Crippen LogP contribution is 2.53. The van der Waals surface area contributed by atoms with Crippen molar-refractivity contribution in [1.82, 2.24) is 9.29 Å². The summed E-state index contributed by atoms with van der Waals surface area (Å²) in [5, 5.41) is 2.73. The maximum Gasteiger partial charge on any atom is 0.275 e. The summed E-state index contributed by atoms with van der Waals surface area (Å²) in [6, 6.07) is 9.05. The zero-order chi connectivity index (χ0) is 22.6. The summed E-state index contributed by atoms with van der Waals surface area (Å²) >= 11 is 0. The van der Waals surface area contributed by atoms with Crippen molar-refractivity contribution >= 4 is 27.4 Å². The third-order valence-corrected chi connectivity index (χ3v) is 8.44. The van der Waals surface area contributed by atoms with Crippen molar-refractivity contribution in [2.75, 3.05) is 36.4 Å². The molecular formula is C22H24F2N4O3S. The van der Waals surface area contributed by atoms with Gasteiger partial charge in [0.05, 0.1) is 23.5 Å². The van der Waals surface area contributed by atoms with E-state index in [1.165, 1.54) is 31.0 Å². The van der Waals surface area contributed by atoms with E-state index in [0.29, 0.717) is 16.8 Å². The molecule has 1 N–H and O–H groups in total. The Morgan fingerprint density at radius 1 is 1.03 bits per heavy atom. The lowest BCUT2D eigenvalue weighted by Crippen LogP contribution is -2.58. The van der Waals surface area contributed by atoms with E-state index in [1.807, 2.05) is 0 Å². The zero-order valence-corrected chi connectivity index (χ0v) is 18.2. The molecule has 2 aromatic rings. The van der Waals surface area contributed by atoms with Crippen LogP contribution in [0, 0.1) is 5.41 Å². The SMILES string of the molecule is O=C(Nc1cccc(S(=O)(=O)N2CC(F)(F)C2)c1)c1cccnc1N1CCC2(CC1)CC2. The molecule has 10 heteroatoms. The number of hydrogen-bond acceptors (Lipinski definition) is 5. The molecule has 1 aliphatic carbocycles. The van der Waals surface area contributed by atoms with Crippen molar-refractivity contribution in [3.05, 3.63) is 48.2 Å². The number of rotatable bonds is 5.